The maximum Gasteiger partial charge on any atom is 0.192 e. The van der Waals surface area contributed by atoms with E-state index in [0.717, 1.165) is 25.5 Å². The Labute approximate surface area is 135 Å². The van der Waals surface area contributed by atoms with Crippen molar-refractivity contribution in [2.24, 2.45) is 17.8 Å². The minimum atomic E-state index is -1.84. The minimum Gasteiger partial charge on any atom is -0.413 e. The van der Waals surface area contributed by atoms with Crippen LogP contribution in [0.4, 0.5) is 0 Å². The van der Waals surface area contributed by atoms with Gasteiger partial charge in [-0.05, 0) is 36.4 Å². The Hall–Kier alpha value is -0.233. The summed E-state index contributed by atoms with van der Waals surface area (Å²) >= 11 is 0. The molecule has 1 saturated heterocycles. The number of carbonyl (C=O) groups is 1. The summed E-state index contributed by atoms with van der Waals surface area (Å²) in [4.78, 5) is 11.8. The molecule has 3 rings (SSSR count). The zero-order valence-electron chi connectivity index (χ0n) is 14.6. The monoisotopic (exact) mass is 326 g/mol. The molecule has 0 aromatic heterocycles. The maximum absolute atomic E-state index is 11.8. The summed E-state index contributed by atoms with van der Waals surface area (Å²) in [6.07, 6.45) is 4.00. The molecule has 0 N–H and O–H groups in total. The Bertz CT molecular complexity index is 436. The number of carbonyl (C=O) groups excluding carboxylic acids is 1. The Balaban J connectivity index is 1.71. The van der Waals surface area contributed by atoms with Crippen LogP contribution in [0.3, 0.4) is 0 Å². The smallest absolute Gasteiger partial charge is 0.192 e. The predicted molar refractivity (Wildman–Crippen MR) is 87.1 cm³/mol. The summed E-state index contributed by atoms with van der Waals surface area (Å²) in [5.74, 6) is 0.484. The van der Waals surface area contributed by atoms with Crippen LogP contribution in [0.1, 0.15) is 40.0 Å². The molecule has 1 spiro atoms. The minimum absolute atomic E-state index is 0.00583. The average molecular weight is 327 g/mol. The van der Waals surface area contributed by atoms with Gasteiger partial charge < -0.3 is 18.7 Å². The summed E-state index contributed by atoms with van der Waals surface area (Å²) in [7, 11) is -1.84. The third-order valence-corrected chi connectivity index (χ3v) is 10.9. The van der Waals surface area contributed by atoms with Crippen LogP contribution in [0.2, 0.25) is 18.1 Å². The second-order valence-corrected chi connectivity index (χ2v) is 13.6. The molecule has 22 heavy (non-hydrogen) atoms. The van der Waals surface area contributed by atoms with E-state index < -0.39 is 14.1 Å². The fraction of sp³-hybridized carbons (Fsp3) is 0.941. The van der Waals surface area contributed by atoms with Gasteiger partial charge in [-0.15, -0.1) is 0 Å². The Morgan fingerprint density at radius 3 is 2.36 bits per heavy atom. The molecule has 0 radical (unpaired) electrons. The van der Waals surface area contributed by atoms with Gasteiger partial charge in [-0.25, -0.2) is 0 Å². The van der Waals surface area contributed by atoms with Gasteiger partial charge in [0.1, 0.15) is 6.29 Å². The number of aldehydes is 1. The van der Waals surface area contributed by atoms with Crippen LogP contribution >= 0.6 is 0 Å². The van der Waals surface area contributed by atoms with Crippen LogP contribution in [0.25, 0.3) is 0 Å². The van der Waals surface area contributed by atoms with Crippen LogP contribution in [0.15, 0.2) is 0 Å². The van der Waals surface area contributed by atoms with Crippen LogP contribution in [-0.2, 0) is 18.7 Å². The first-order valence-corrected chi connectivity index (χ1v) is 11.5. The van der Waals surface area contributed by atoms with Gasteiger partial charge in [0.2, 0.25) is 0 Å². The van der Waals surface area contributed by atoms with Gasteiger partial charge in [0.05, 0.1) is 19.3 Å². The lowest BCUT2D eigenvalue weighted by molar-refractivity contribution is -0.158. The number of hydrogen-bond acceptors (Lipinski definition) is 4. The van der Waals surface area contributed by atoms with Gasteiger partial charge >= 0.3 is 0 Å². The second-order valence-electron chi connectivity index (χ2n) is 8.81. The number of ether oxygens (including phenoxy) is 2. The molecule has 5 heteroatoms. The standard InChI is InChI=1S/C17H30O4Si/c1-16(2,3)22(4,5)21-15-8-12-9-17(19-6-7-20-17)10-13(12)14(15)11-18/h11-15H,6-10H2,1-5H3/t12-,13+,14+,15+/m0/s1. The number of fused-ring (bicyclic) bond motifs is 1. The van der Waals surface area contributed by atoms with E-state index >= 15 is 0 Å². The maximum atomic E-state index is 11.8. The van der Waals surface area contributed by atoms with Crippen molar-refractivity contribution < 1.29 is 18.7 Å². The first kappa shape index (κ1) is 16.6. The molecule has 0 bridgehead atoms. The van der Waals surface area contributed by atoms with Crippen molar-refractivity contribution in [1.82, 2.24) is 0 Å². The van der Waals surface area contributed by atoms with Crippen molar-refractivity contribution in [2.75, 3.05) is 13.2 Å². The lowest BCUT2D eigenvalue weighted by atomic mass is 9.92. The summed E-state index contributed by atoms with van der Waals surface area (Å²) < 4.78 is 18.3. The summed E-state index contributed by atoms with van der Waals surface area (Å²) in [5, 5.41) is 0.178. The van der Waals surface area contributed by atoms with E-state index in [1.165, 1.54) is 0 Å². The molecule has 0 aromatic rings. The van der Waals surface area contributed by atoms with Gasteiger partial charge in [0, 0.05) is 18.8 Å². The van der Waals surface area contributed by atoms with Gasteiger partial charge in [-0.3, -0.25) is 0 Å². The molecule has 0 aromatic carbocycles. The normalized spacial score (nSPS) is 37.7. The average Bonchev–Trinajstić information content (AvgIpc) is 3.04. The molecule has 126 valence electrons. The largest absolute Gasteiger partial charge is 0.413 e. The highest BCUT2D eigenvalue weighted by Gasteiger charge is 2.58. The third-order valence-electron chi connectivity index (χ3n) is 6.41. The SMILES string of the molecule is CC(C)(C)[Si](C)(C)O[C@@H]1C[C@H]2CC3(C[C@H]2[C@H]1C=O)OCCO3. The summed E-state index contributed by atoms with van der Waals surface area (Å²) in [5.41, 5.74) is 0. The van der Waals surface area contributed by atoms with E-state index in [9.17, 15) is 4.79 Å². The Morgan fingerprint density at radius 2 is 1.82 bits per heavy atom. The van der Waals surface area contributed by atoms with E-state index in [-0.39, 0.29) is 17.1 Å². The first-order chi connectivity index (χ1) is 10.2. The second kappa shape index (κ2) is 5.40. The topological polar surface area (TPSA) is 44.8 Å². The van der Waals surface area contributed by atoms with Crippen molar-refractivity contribution in [3.8, 4) is 0 Å². The zero-order chi connectivity index (χ0) is 16.2. The molecule has 2 saturated carbocycles. The highest BCUT2D eigenvalue weighted by atomic mass is 28.4. The van der Waals surface area contributed by atoms with Crippen LogP contribution in [0.5, 0.6) is 0 Å². The molecular weight excluding hydrogens is 296 g/mol. The molecule has 1 heterocycles. The Kier molecular flexibility index (Phi) is 4.08. The van der Waals surface area contributed by atoms with Crippen LogP contribution < -0.4 is 0 Å². The van der Waals surface area contributed by atoms with E-state index in [1.807, 2.05) is 0 Å². The molecule has 4 atom stereocenters. The quantitative estimate of drug-likeness (QED) is 0.589. The molecular formula is C17H30O4Si. The molecule has 4 nitrogen and oxygen atoms in total. The van der Waals surface area contributed by atoms with Crippen LogP contribution in [0, 0.1) is 17.8 Å². The third kappa shape index (κ3) is 2.70. The predicted octanol–water partition coefficient (Wildman–Crippen LogP) is 3.36. The fourth-order valence-electron chi connectivity index (χ4n) is 4.20. The van der Waals surface area contributed by atoms with E-state index in [4.69, 9.17) is 13.9 Å². The summed E-state index contributed by atoms with van der Waals surface area (Å²) in [6.45, 7) is 12.7. The lowest BCUT2D eigenvalue weighted by Gasteiger charge is -2.40. The van der Waals surface area contributed by atoms with Crippen molar-refractivity contribution in [3.63, 3.8) is 0 Å². The molecule has 3 aliphatic rings. The number of rotatable bonds is 3. The molecule has 0 amide bonds. The van der Waals surface area contributed by atoms with Crippen molar-refractivity contribution >= 4 is 14.6 Å². The van der Waals surface area contributed by atoms with Crippen molar-refractivity contribution in [3.05, 3.63) is 0 Å². The molecule has 2 aliphatic carbocycles. The summed E-state index contributed by atoms with van der Waals surface area (Å²) in [6, 6.07) is 0. The van der Waals surface area contributed by atoms with E-state index in [2.05, 4.69) is 33.9 Å². The number of hydrogen-bond donors (Lipinski definition) is 0. The fourth-order valence-corrected chi connectivity index (χ4v) is 5.57. The molecule has 0 unspecified atom stereocenters. The van der Waals surface area contributed by atoms with E-state index in [0.29, 0.717) is 25.0 Å². The van der Waals surface area contributed by atoms with Gasteiger partial charge in [0.15, 0.2) is 14.1 Å². The lowest BCUT2D eigenvalue weighted by Crippen LogP contribution is -2.45. The van der Waals surface area contributed by atoms with E-state index in [1.54, 1.807) is 0 Å². The highest BCUT2D eigenvalue weighted by molar-refractivity contribution is 6.74. The van der Waals surface area contributed by atoms with Gasteiger partial charge in [-0.1, -0.05) is 20.8 Å². The highest BCUT2D eigenvalue weighted by Crippen LogP contribution is 2.55. The molecule has 1 aliphatic heterocycles. The van der Waals surface area contributed by atoms with Crippen molar-refractivity contribution in [1.29, 1.82) is 0 Å². The van der Waals surface area contributed by atoms with Crippen LogP contribution in [-0.4, -0.2) is 39.7 Å². The zero-order valence-corrected chi connectivity index (χ0v) is 15.6. The Morgan fingerprint density at radius 1 is 1.18 bits per heavy atom. The molecule has 3 fully saturated rings. The first-order valence-electron chi connectivity index (χ1n) is 8.58. The van der Waals surface area contributed by atoms with Crippen molar-refractivity contribution in [2.45, 2.75) is 70.1 Å². The van der Waals surface area contributed by atoms with Gasteiger partial charge in [0.25, 0.3) is 0 Å². The van der Waals surface area contributed by atoms with Gasteiger partial charge in [-0.2, -0.15) is 0 Å².